The molecule has 140 valence electrons. The van der Waals surface area contributed by atoms with Gasteiger partial charge in [0.05, 0.1) is 17.3 Å². The lowest BCUT2D eigenvalue weighted by Crippen LogP contribution is -2.54. The van der Waals surface area contributed by atoms with Gasteiger partial charge in [-0.15, -0.1) is 0 Å². The Balaban J connectivity index is 1.76. The van der Waals surface area contributed by atoms with E-state index in [1.54, 1.807) is 13.8 Å². The van der Waals surface area contributed by atoms with Crippen molar-refractivity contribution in [2.75, 3.05) is 32.7 Å². The molecule has 1 aromatic heterocycles. The largest absolute Gasteiger partial charge is 0.340 e. The summed E-state index contributed by atoms with van der Waals surface area (Å²) in [5.41, 5.74) is 1.02. The Bertz CT molecular complexity index is 725. The average molecular weight is 369 g/mol. The lowest BCUT2D eigenvalue weighted by Gasteiger charge is -2.37. The Morgan fingerprint density at radius 2 is 2.00 bits per heavy atom. The second-order valence-corrected chi connectivity index (χ2v) is 8.98. The van der Waals surface area contributed by atoms with E-state index in [0.29, 0.717) is 37.4 Å². The van der Waals surface area contributed by atoms with Gasteiger partial charge in [0.25, 0.3) is 0 Å². The number of nitrogens with one attached hydrogen (secondary N) is 2. The monoisotopic (exact) mass is 369 g/mol. The van der Waals surface area contributed by atoms with E-state index < -0.39 is 10.0 Å². The summed E-state index contributed by atoms with van der Waals surface area (Å²) < 4.78 is 27.5. The van der Waals surface area contributed by atoms with Crippen LogP contribution in [0.2, 0.25) is 0 Å². The summed E-state index contributed by atoms with van der Waals surface area (Å²) in [6.07, 6.45) is 1.44. The number of aromatic nitrogens is 2. The van der Waals surface area contributed by atoms with Crippen LogP contribution in [0.15, 0.2) is 4.90 Å². The van der Waals surface area contributed by atoms with Crippen molar-refractivity contribution >= 4 is 15.9 Å². The molecule has 2 fully saturated rings. The number of aryl methyl sites for hydroxylation is 2. The molecule has 2 aliphatic heterocycles. The molecule has 2 atom stereocenters. The highest BCUT2D eigenvalue weighted by atomic mass is 32.2. The molecule has 0 aromatic carbocycles. The molecule has 8 nitrogen and oxygen atoms in total. The number of carbonyl (C=O) groups excluding carboxylic acids is 1. The predicted octanol–water partition coefficient (Wildman–Crippen LogP) is 0.248. The summed E-state index contributed by atoms with van der Waals surface area (Å²) >= 11 is 0. The van der Waals surface area contributed by atoms with E-state index in [4.69, 9.17) is 0 Å². The van der Waals surface area contributed by atoms with Gasteiger partial charge >= 0.3 is 0 Å². The van der Waals surface area contributed by atoms with Gasteiger partial charge < -0.3 is 10.2 Å². The number of hydrogen-bond donors (Lipinski definition) is 2. The number of piperazine rings is 1. The van der Waals surface area contributed by atoms with E-state index in [9.17, 15) is 13.2 Å². The number of piperidine rings is 1. The summed E-state index contributed by atoms with van der Waals surface area (Å²) in [5, 5.41) is 10.1. The van der Waals surface area contributed by atoms with Crippen molar-refractivity contribution in [1.82, 2.24) is 24.7 Å². The summed E-state index contributed by atoms with van der Waals surface area (Å²) in [6, 6.07) is 0.275. The van der Waals surface area contributed by atoms with Crippen molar-refractivity contribution in [2.45, 2.75) is 44.6 Å². The molecule has 0 aliphatic carbocycles. The zero-order chi connectivity index (χ0) is 18.2. The van der Waals surface area contributed by atoms with Gasteiger partial charge in [0.2, 0.25) is 15.9 Å². The van der Waals surface area contributed by atoms with Gasteiger partial charge in [-0.3, -0.25) is 9.89 Å². The Kier molecular flexibility index (Phi) is 5.17. The molecule has 0 saturated carbocycles. The summed E-state index contributed by atoms with van der Waals surface area (Å²) in [4.78, 5) is 15.0. The van der Waals surface area contributed by atoms with Crippen molar-refractivity contribution in [3.63, 3.8) is 0 Å². The fourth-order valence-electron chi connectivity index (χ4n) is 3.80. The Labute approximate surface area is 149 Å². The van der Waals surface area contributed by atoms with Crippen molar-refractivity contribution in [3.05, 3.63) is 11.4 Å². The number of carbonyl (C=O) groups is 1. The van der Waals surface area contributed by atoms with E-state index in [1.807, 2.05) is 4.90 Å². The first kappa shape index (κ1) is 18.3. The van der Waals surface area contributed by atoms with Gasteiger partial charge in [-0.2, -0.15) is 9.40 Å². The zero-order valence-electron chi connectivity index (χ0n) is 15.1. The molecule has 0 spiro atoms. The Morgan fingerprint density at radius 1 is 1.24 bits per heavy atom. The quantitative estimate of drug-likeness (QED) is 0.796. The summed E-state index contributed by atoms with van der Waals surface area (Å²) in [7, 11) is -3.63. The second kappa shape index (κ2) is 7.05. The molecule has 2 N–H and O–H groups in total. The fourth-order valence-corrected chi connectivity index (χ4v) is 5.66. The third kappa shape index (κ3) is 3.58. The molecular formula is C16H27N5O3S. The lowest BCUT2D eigenvalue weighted by molar-refractivity contribution is -0.137. The molecule has 9 heteroatoms. The van der Waals surface area contributed by atoms with Gasteiger partial charge in [-0.1, -0.05) is 0 Å². The Hall–Kier alpha value is -1.45. The minimum atomic E-state index is -3.63. The standard InChI is InChI=1S/C16H27N5O3S/c1-11-9-20(8-6-17-11)16(22)14-5-4-7-21(10-14)25(23,24)15-12(2)18-19-13(15)3/h11,14,17H,4-10H2,1-3H3,(H,18,19). The summed E-state index contributed by atoms with van der Waals surface area (Å²) in [5.74, 6) is -0.185. The van der Waals surface area contributed by atoms with Crippen molar-refractivity contribution in [2.24, 2.45) is 5.92 Å². The first-order chi connectivity index (χ1) is 11.8. The molecular weight excluding hydrogens is 342 g/mol. The van der Waals surface area contributed by atoms with Crippen LogP contribution in [0.5, 0.6) is 0 Å². The van der Waals surface area contributed by atoms with Crippen LogP contribution in [-0.2, 0) is 14.8 Å². The van der Waals surface area contributed by atoms with Crippen LogP contribution < -0.4 is 5.32 Å². The summed E-state index contributed by atoms with van der Waals surface area (Å²) in [6.45, 7) is 8.31. The predicted molar refractivity (Wildman–Crippen MR) is 93.6 cm³/mol. The van der Waals surface area contributed by atoms with Gasteiger partial charge in [0.1, 0.15) is 4.90 Å². The molecule has 0 bridgehead atoms. The van der Waals surface area contributed by atoms with Crippen LogP contribution in [0, 0.1) is 19.8 Å². The van der Waals surface area contributed by atoms with Crippen LogP contribution in [0.4, 0.5) is 0 Å². The molecule has 1 aromatic rings. The third-order valence-electron chi connectivity index (χ3n) is 5.07. The van der Waals surface area contributed by atoms with Gasteiger partial charge in [-0.25, -0.2) is 8.42 Å². The van der Waals surface area contributed by atoms with Gasteiger partial charge in [0.15, 0.2) is 0 Å². The van der Waals surface area contributed by atoms with E-state index in [-0.39, 0.29) is 29.3 Å². The van der Waals surface area contributed by atoms with Crippen molar-refractivity contribution < 1.29 is 13.2 Å². The Morgan fingerprint density at radius 3 is 2.64 bits per heavy atom. The van der Waals surface area contributed by atoms with Crippen LogP contribution in [0.25, 0.3) is 0 Å². The number of nitrogens with zero attached hydrogens (tertiary/aromatic N) is 3. The third-order valence-corrected chi connectivity index (χ3v) is 7.20. The van der Waals surface area contributed by atoms with E-state index in [0.717, 1.165) is 13.0 Å². The maximum Gasteiger partial charge on any atom is 0.246 e. The molecule has 3 heterocycles. The molecule has 2 aliphatic rings. The number of H-pyrrole nitrogens is 1. The zero-order valence-corrected chi connectivity index (χ0v) is 15.9. The number of amides is 1. The highest BCUT2D eigenvalue weighted by molar-refractivity contribution is 7.89. The topological polar surface area (TPSA) is 98.4 Å². The highest BCUT2D eigenvalue weighted by Gasteiger charge is 2.37. The number of aromatic amines is 1. The SMILES string of the molecule is Cc1n[nH]c(C)c1S(=O)(=O)N1CCCC(C(=O)N2CCNC(C)C2)C1. The van der Waals surface area contributed by atoms with Gasteiger partial charge in [-0.05, 0) is 33.6 Å². The van der Waals surface area contributed by atoms with Crippen LogP contribution in [0.1, 0.15) is 31.2 Å². The maximum absolute atomic E-state index is 13.0. The lowest BCUT2D eigenvalue weighted by atomic mass is 9.97. The highest BCUT2D eigenvalue weighted by Crippen LogP contribution is 2.27. The minimum absolute atomic E-state index is 0.0777. The maximum atomic E-state index is 13.0. The number of rotatable bonds is 3. The number of hydrogen-bond acceptors (Lipinski definition) is 5. The van der Waals surface area contributed by atoms with E-state index in [1.165, 1.54) is 4.31 Å². The molecule has 0 radical (unpaired) electrons. The molecule has 1 amide bonds. The first-order valence-electron chi connectivity index (χ1n) is 8.84. The number of sulfonamides is 1. The smallest absolute Gasteiger partial charge is 0.246 e. The van der Waals surface area contributed by atoms with E-state index >= 15 is 0 Å². The minimum Gasteiger partial charge on any atom is -0.340 e. The molecule has 2 unspecified atom stereocenters. The molecule has 25 heavy (non-hydrogen) atoms. The van der Waals surface area contributed by atoms with Crippen LogP contribution >= 0.6 is 0 Å². The average Bonchev–Trinajstić information content (AvgIpc) is 2.93. The molecule has 3 rings (SSSR count). The van der Waals surface area contributed by atoms with Gasteiger partial charge in [0, 0.05) is 38.8 Å². The van der Waals surface area contributed by atoms with Crippen molar-refractivity contribution in [3.8, 4) is 0 Å². The second-order valence-electron chi connectivity index (χ2n) is 7.10. The van der Waals surface area contributed by atoms with Crippen molar-refractivity contribution in [1.29, 1.82) is 0 Å². The van der Waals surface area contributed by atoms with E-state index in [2.05, 4.69) is 22.4 Å². The first-order valence-corrected chi connectivity index (χ1v) is 10.3. The fraction of sp³-hybridized carbons (Fsp3) is 0.750. The normalized spacial score (nSPS) is 26.0. The molecule has 2 saturated heterocycles. The van der Waals surface area contributed by atoms with Crippen LogP contribution in [0.3, 0.4) is 0 Å². The van der Waals surface area contributed by atoms with Crippen LogP contribution in [-0.4, -0.2) is 72.5 Å².